The van der Waals surface area contributed by atoms with Crippen molar-refractivity contribution in [3.05, 3.63) is 53.7 Å². The van der Waals surface area contributed by atoms with E-state index in [1.165, 1.54) is 49.6 Å². The van der Waals surface area contributed by atoms with Crippen molar-refractivity contribution >= 4 is 10.9 Å². The van der Waals surface area contributed by atoms with Gasteiger partial charge in [0.25, 0.3) is 0 Å². The number of aliphatic hydroxyl groups is 1. The summed E-state index contributed by atoms with van der Waals surface area (Å²) in [5, 5.41) is 11.5. The molecule has 0 saturated heterocycles. The molecule has 2 heteroatoms. The maximum absolute atomic E-state index is 10.2. The fourth-order valence-corrected chi connectivity index (χ4v) is 8.40. The molecular formula is C28H35NO. The summed E-state index contributed by atoms with van der Waals surface area (Å²) in [7, 11) is 0. The lowest BCUT2D eigenvalue weighted by Gasteiger charge is -2.58. The summed E-state index contributed by atoms with van der Waals surface area (Å²) in [6, 6.07) is 13.1. The second-order valence-electron chi connectivity index (χ2n) is 11.3. The van der Waals surface area contributed by atoms with E-state index in [9.17, 15) is 5.11 Å². The van der Waals surface area contributed by atoms with Crippen LogP contribution in [0.15, 0.2) is 48.0 Å². The van der Waals surface area contributed by atoms with Gasteiger partial charge >= 0.3 is 0 Å². The highest BCUT2D eigenvalue weighted by atomic mass is 16.3. The van der Waals surface area contributed by atoms with Gasteiger partial charge in [-0.25, -0.2) is 0 Å². The standard InChI is InChI=1S/C28H35NO/c1-27-15-13-20(30)17-19(27)8-9-21-22-10-11-24(28(22,2)16-14-23(21)27)26-12-7-18-5-3-4-6-25(18)29-26/h3-8,12,20-24,30H,9-11,13-17H2,1-2H3/t20-,21-,22-,23-,24+,27-,28-/m0/s1. The molecule has 1 aromatic heterocycles. The second-order valence-corrected chi connectivity index (χ2v) is 11.3. The summed E-state index contributed by atoms with van der Waals surface area (Å²) < 4.78 is 0. The Morgan fingerprint density at radius 3 is 2.70 bits per heavy atom. The van der Waals surface area contributed by atoms with Crippen molar-refractivity contribution in [1.82, 2.24) is 4.98 Å². The first kappa shape index (κ1) is 19.0. The fraction of sp³-hybridized carbons (Fsp3) is 0.607. The number of fused-ring (bicyclic) bond motifs is 6. The summed E-state index contributed by atoms with van der Waals surface area (Å²) in [5.41, 5.74) is 4.78. The highest BCUT2D eigenvalue weighted by Crippen LogP contribution is 2.67. The summed E-state index contributed by atoms with van der Waals surface area (Å²) in [6.45, 7) is 5.12. The van der Waals surface area contributed by atoms with Gasteiger partial charge in [0.1, 0.15) is 0 Å². The Hall–Kier alpha value is -1.67. The van der Waals surface area contributed by atoms with Crippen LogP contribution < -0.4 is 0 Å². The van der Waals surface area contributed by atoms with Crippen molar-refractivity contribution < 1.29 is 5.11 Å². The van der Waals surface area contributed by atoms with E-state index in [1.807, 2.05) is 0 Å². The monoisotopic (exact) mass is 401 g/mol. The third-order valence-electron chi connectivity index (χ3n) is 10.1. The summed E-state index contributed by atoms with van der Waals surface area (Å²) >= 11 is 0. The van der Waals surface area contributed by atoms with Crippen molar-refractivity contribution in [2.75, 3.05) is 0 Å². The van der Waals surface area contributed by atoms with E-state index in [1.54, 1.807) is 5.57 Å². The minimum Gasteiger partial charge on any atom is -0.393 e. The summed E-state index contributed by atoms with van der Waals surface area (Å²) in [5.74, 6) is 3.04. The lowest BCUT2D eigenvalue weighted by Crippen LogP contribution is -2.50. The van der Waals surface area contributed by atoms with Crippen LogP contribution in [0.1, 0.15) is 76.8 Å². The number of benzene rings is 1. The first-order valence-corrected chi connectivity index (χ1v) is 12.2. The number of para-hydroxylation sites is 1. The quantitative estimate of drug-likeness (QED) is 0.543. The Bertz CT molecular complexity index is 1010. The van der Waals surface area contributed by atoms with Crippen molar-refractivity contribution in [1.29, 1.82) is 0 Å². The van der Waals surface area contributed by atoms with Crippen LogP contribution in [0, 0.1) is 28.6 Å². The predicted octanol–water partition coefficient (Wildman–Crippen LogP) is 6.64. The molecule has 0 unspecified atom stereocenters. The van der Waals surface area contributed by atoms with Crippen LogP contribution in [0.2, 0.25) is 0 Å². The van der Waals surface area contributed by atoms with Crippen LogP contribution in [0.25, 0.3) is 10.9 Å². The van der Waals surface area contributed by atoms with Gasteiger partial charge < -0.3 is 5.11 Å². The van der Waals surface area contributed by atoms with Crippen LogP contribution in [-0.4, -0.2) is 16.2 Å². The number of pyridine rings is 1. The molecule has 2 nitrogen and oxygen atoms in total. The molecule has 3 saturated carbocycles. The number of nitrogens with zero attached hydrogens (tertiary/aromatic N) is 1. The Morgan fingerprint density at radius 1 is 0.933 bits per heavy atom. The van der Waals surface area contributed by atoms with Crippen molar-refractivity contribution in [3.8, 4) is 0 Å². The molecule has 4 aliphatic rings. The van der Waals surface area contributed by atoms with Gasteiger partial charge in [-0.15, -0.1) is 0 Å². The SMILES string of the molecule is C[C@]12CC[C@H]3[C@@H](CC=C4C[C@@H](O)CC[C@@]43C)[C@@H]1CC[C@@H]2c1ccc2ccccc2n1. The van der Waals surface area contributed by atoms with E-state index in [2.05, 4.69) is 56.3 Å². The van der Waals surface area contributed by atoms with Gasteiger partial charge in [0, 0.05) is 17.0 Å². The maximum atomic E-state index is 10.2. The number of hydrogen-bond acceptors (Lipinski definition) is 2. The van der Waals surface area contributed by atoms with Crippen LogP contribution in [0.4, 0.5) is 0 Å². The van der Waals surface area contributed by atoms with Crippen LogP contribution in [0.3, 0.4) is 0 Å². The lowest BCUT2D eigenvalue weighted by molar-refractivity contribution is -0.0412. The van der Waals surface area contributed by atoms with Gasteiger partial charge in [-0.3, -0.25) is 4.98 Å². The molecular weight excluding hydrogens is 366 g/mol. The summed E-state index contributed by atoms with van der Waals surface area (Å²) in [4.78, 5) is 5.15. The molecule has 0 bridgehead atoms. The Morgan fingerprint density at radius 2 is 1.80 bits per heavy atom. The highest BCUT2D eigenvalue weighted by molar-refractivity contribution is 5.78. The predicted molar refractivity (Wildman–Crippen MR) is 122 cm³/mol. The molecule has 1 aromatic carbocycles. The summed E-state index contributed by atoms with van der Waals surface area (Å²) in [6.07, 6.45) is 12.1. The number of hydrogen-bond donors (Lipinski definition) is 1. The maximum Gasteiger partial charge on any atom is 0.0705 e. The van der Waals surface area contributed by atoms with Crippen molar-refractivity contribution in [2.45, 2.75) is 77.2 Å². The number of rotatable bonds is 1. The van der Waals surface area contributed by atoms with Crippen LogP contribution in [-0.2, 0) is 0 Å². The second kappa shape index (κ2) is 6.66. The molecule has 158 valence electrons. The zero-order valence-corrected chi connectivity index (χ0v) is 18.5. The molecule has 2 aromatic rings. The molecule has 0 radical (unpaired) electrons. The van der Waals surface area contributed by atoms with E-state index < -0.39 is 0 Å². The topological polar surface area (TPSA) is 33.1 Å². The Labute approximate surface area is 180 Å². The smallest absolute Gasteiger partial charge is 0.0705 e. The molecule has 7 atom stereocenters. The fourth-order valence-electron chi connectivity index (χ4n) is 8.40. The van der Waals surface area contributed by atoms with Crippen molar-refractivity contribution in [3.63, 3.8) is 0 Å². The average Bonchev–Trinajstić information content (AvgIpc) is 3.11. The van der Waals surface area contributed by atoms with E-state index in [-0.39, 0.29) is 6.10 Å². The highest BCUT2D eigenvalue weighted by Gasteiger charge is 2.58. The van der Waals surface area contributed by atoms with Gasteiger partial charge in [-0.05, 0) is 92.1 Å². The number of allylic oxidation sites excluding steroid dienone is 1. The number of aliphatic hydroxyl groups excluding tert-OH is 1. The molecule has 0 aliphatic heterocycles. The number of aromatic nitrogens is 1. The normalized spacial score (nSPS) is 42.9. The molecule has 0 spiro atoms. The minimum absolute atomic E-state index is 0.107. The van der Waals surface area contributed by atoms with E-state index in [0.717, 1.165) is 36.1 Å². The molecule has 30 heavy (non-hydrogen) atoms. The zero-order chi connectivity index (χ0) is 20.5. The Balaban J connectivity index is 1.33. The van der Waals surface area contributed by atoms with Gasteiger partial charge in [0.15, 0.2) is 0 Å². The molecule has 1 heterocycles. The Kier molecular flexibility index (Phi) is 4.23. The van der Waals surface area contributed by atoms with Gasteiger partial charge in [-0.2, -0.15) is 0 Å². The molecule has 1 N–H and O–H groups in total. The van der Waals surface area contributed by atoms with Crippen LogP contribution in [0.5, 0.6) is 0 Å². The average molecular weight is 402 g/mol. The van der Waals surface area contributed by atoms with Gasteiger partial charge in [0.05, 0.1) is 11.6 Å². The largest absolute Gasteiger partial charge is 0.393 e. The van der Waals surface area contributed by atoms with Crippen LogP contribution >= 0.6 is 0 Å². The third kappa shape index (κ3) is 2.62. The minimum atomic E-state index is -0.107. The van der Waals surface area contributed by atoms with Crippen molar-refractivity contribution in [2.24, 2.45) is 28.6 Å². The molecule has 4 aliphatic carbocycles. The van der Waals surface area contributed by atoms with E-state index in [4.69, 9.17) is 4.98 Å². The zero-order valence-electron chi connectivity index (χ0n) is 18.5. The first-order valence-electron chi connectivity index (χ1n) is 12.2. The van der Waals surface area contributed by atoms with Gasteiger partial charge in [0.2, 0.25) is 0 Å². The first-order chi connectivity index (χ1) is 14.5. The third-order valence-corrected chi connectivity index (χ3v) is 10.1. The molecule has 0 amide bonds. The van der Waals surface area contributed by atoms with E-state index >= 15 is 0 Å². The molecule has 6 rings (SSSR count). The molecule has 3 fully saturated rings. The van der Waals surface area contributed by atoms with E-state index in [0.29, 0.717) is 16.7 Å². The lowest BCUT2D eigenvalue weighted by atomic mass is 9.47. The van der Waals surface area contributed by atoms with Gasteiger partial charge in [-0.1, -0.05) is 49.8 Å².